The highest BCUT2D eigenvalue weighted by Crippen LogP contribution is 2.28. The van der Waals surface area contributed by atoms with Gasteiger partial charge in [-0.1, -0.05) is 55.3 Å². The highest BCUT2D eigenvalue weighted by molar-refractivity contribution is 5.96. The lowest BCUT2D eigenvalue weighted by Crippen LogP contribution is -2.22. The van der Waals surface area contributed by atoms with Gasteiger partial charge in [0.2, 0.25) is 0 Å². The molecular formula is C37H41NO8. The molecule has 0 saturated heterocycles. The second-order valence-corrected chi connectivity index (χ2v) is 11.1. The molecule has 242 valence electrons. The Morgan fingerprint density at radius 2 is 1.50 bits per heavy atom. The van der Waals surface area contributed by atoms with E-state index in [2.05, 4.69) is 5.32 Å². The summed E-state index contributed by atoms with van der Waals surface area (Å²) in [4.78, 5) is 35.1. The van der Waals surface area contributed by atoms with E-state index in [1.54, 1.807) is 18.6 Å². The fourth-order valence-electron chi connectivity index (χ4n) is 5.15. The minimum Gasteiger partial charge on any atom is -0.494 e. The third kappa shape index (κ3) is 11.1. The molecule has 4 rings (SSSR count). The lowest BCUT2D eigenvalue weighted by atomic mass is 9.97. The minimum atomic E-state index is -0.873. The van der Waals surface area contributed by atoms with Gasteiger partial charge in [-0.3, -0.25) is 14.4 Å². The van der Waals surface area contributed by atoms with Gasteiger partial charge < -0.3 is 29.4 Å². The Bertz CT molecular complexity index is 1550. The van der Waals surface area contributed by atoms with Crippen molar-refractivity contribution in [3.8, 4) is 22.6 Å². The molecule has 9 heteroatoms. The number of aryl methyl sites for hydroxylation is 1. The number of carbonyl (C=O) groups is 3. The van der Waals surface area contributed by atoms with Crippen LogP contribution < -0.4 is 14.8 Å². The Morgan fingerprint density at radius 1 is 0.717 bits per heavy atom. The number of hydrogen-bond donors (Lipinski definition) is 3. The number of nitrogens with one attached hydrogen (secondary N) is 1. The Hall–Kier alpha value is -5.05. The van der Waals surface area contributed by atoms with Gasteiger partial charge in [0.05, 0.1) is 25.7 Å². The summed E-state index contributed by atoms with van der Waals surface area (Å²) in [6.07, 6.45) is 8.46. The molecule has 3 aromatic carbocycles. The molecule has 0 radical (unpaired) electrons. The molecular weight excluding hydrogens is 586 g/mol. The largest absolute Gasteiger partial charge is 0.494 e. The van der Waals surface area contributed by atoms with Gasteiger partial charge in [-0.2, -0.15) is 0 Å². The molecule has 0 saturated carbocycles. The monoisotopic (exact) mass is 627 g/mol. The van der Waals surface area contributed by atoms with E-state index in [0.29, 0.717) is 43.1 Å². The summed E-state index contributed by atoms with van der Waals surface area (Å²) in [5, 5.41) is 21.1. The van der Waals surface area contributed by atoms with Crippen LogP contribution in [-0.2, 0) is 29.0 Å². The quantitative estimate of drug-likeness (QED) is 0.0868. The predicted molar refractivity (Wildman–Crippen MR) is 174 cm³/mol. The highest BCUT2D eigenvalue weighted by atomic mass is 16.5. The third-order valence-electron chi connectivity index (χ3n) is 7.54. The third-order valence-corrected chi connectivity index (χ3v) is 7.54. The molecule has 0 spiro atoms. The standard InChI is InChI=1S/C37H41NO8/c39-35(40)15-9-20-46-34-14-8-13-28(33(34)16-17-36(41)42)12-6-1-2-7-19-45-32-23-30(29-18-21-44-26-29)22-31(24-32)37(43)38-25-27-10-4-3-5-11-27/h3-5,8,10-11,13-14,18,21-24,26H,1-2,6-7,9,12,15-17,19-20,25H2,(H,38,43)(H,39,40)(H,41,42). The molecule has 3 N–H and O–H groups in total. The van der Waals surface area contributed by atoms with Crippen molar-refractivity contribution in [2.45, 2.75) is 64.3 Å². The first-order chi connectivity index (χ1) is 22.4. The van der Waals surface area contributed by atoms with Crippen LogP contribution in [0.5, 0.6) is 11.5 Å². The number of amides is 1. The van der Waals surface area contributed by atoms with Crippen LogP contribution in [0.4, 0.5) is 0 Å². The van der Waals surface area contributed by atoms with Crippen molar-refractivity contribution < 1.29 is 38.5 Å². The predicted octanol–water partition coefficient (Wildman–Crippen LogP) is 7.32. The summed E-state index contributed by atoms with van der Waals surface area (Å²) in [5.74, 6) is -0.684. The number of carboxylic acids is 2. The number of hydrogen-bond acceptors (Lipinski definition) is 6. The van der Waals surface area contributed by atoms with Gasteiger partial charge in [-0.15, -0.1) is 0 Å². The van der Waals surface area contributed by atoms with Gasteiger partial charge in [0.1, 0.15) is 11.5 Å². The molecule has 0 aliphatic heterocycles. The zero-order chi connectivity index (χ0) is 32.6. The van der Waals surface area contributed by atoms with E-state index in [0.717, 1.165) is 59.9 Å². The number of benzene rings is 3. The van der Waals surface area contributed by atoms with Crippen LogP contribution in [0.1, 0.15) is 72.0 Å². The van der Waals surface area contributed by atoms with Crippen LogP contribution in [0.2, 0.25) is 0 Å². The van der Waals surface area contributed by atoms with Gasteiger partial charge in [0.15, 0.2) is 0 Å². The van der Waals surface area contributed by atoms with E-state index in [9.17, 15) is 19.5 Å². The molecule has 0 unspecified atom stereocenters. The summed E-state index contributed by atoms with van der Waals surface area (Å²) < 4.78 is 17.2. The van der Waals surface area contributed by atoms with E-state index >= 15 is 0 Å². The molecule has 1 amide bonds. The normalized spacial score (nSPS) is 10.8. The van der Waals surface area contributed by atoms with Crippen molar-refractivity contribution in [3.63, 3.8) is 0 Å². The van der Waals surface area contributed by atoms with Gasteiger partial charge in [0, 0.05) is 30.5 Å². The SMILES string of the molecule is O=C(O)CCCOc1cccc(CCCCCCOc2cc(C(=O)NCc3ccccc3)cc(-c3ccoc3)c2)c1CCC(=O)O. The van der Waals surface area contributed by atoms with Crippen LogP contribution in [0.25, 0.3) is 11.1 Å². The van der Waals surface area contributed by atoms with Gasteiger partial charge >= 0.3 is 11.9 Å². The van der Waals surface area contributed by atoms with Crippen molar-refractivity contribution in [1.82, 2.24) is 5.32 Å². The van der Waals surface area contributed by atoms with Crippen molar-refractivity contribution in [2.24, 2.45) is 0 Å². The molecule has 0 fully saturated rings. The Kier molecular flexibility index (Phi) is 13.3. The Morgan fingerprint density at radius 3 is 2.26 bits per heavy atom. The molecule has 0 aliphatic carbocycles. The first kappa shape index (κ1) is 33.8. The van der Waals surface area contributed by atoms with Crippen LogP contribution in [0.3, 0.4) is 0 Å². The molecule has 1 heterocycles. The number of unbranched alkanes of at least 4 members (excludes halogenated alkanes) is 3. The van der Waals surface area contributed by atoms with E-state index in [1.165, 1.54) is 0 Å². The fraction of sp³-hybridized carbons (Fsp3) is 0.324. The minimum absolute atomic E-state index is 0.00195. The summed E-state index contributed by atoms with van der Waals surface area (Å²) in [6.45, 7) is 1.20. The summed E-state index contributed by atoms with van der Waals surface area (Å²) in [7, 11) is 0. The maximum atomic E-state index is 13.0. The summed E-state index contributed by atoms with van der Waals surface area (Å²) in [6, 6.07) is 22.8. The van der Waals surface area contributed by atoms with Gasteiger partial charge in [-0.25, -0.2) is 0 Å². The first-order valence-corrected chi connectivity index (χ1v) is 15.7. The first-order valence-electron chi connectivity index (χ1n) is 15.7. The van der Waals surface area contributed by atoms with Crippen molar-refractivity contribution in [1.29, 1.82) is 0 Å². The zero-order valence-electron chi connectivity index (χ0n) is 25.9. The Balaban J connectivity index is 1.28. The van der Waals surface area contributed by atoms with Crippen LogP contribution >= 0.6 is 0 Å². The van der Waals surface area contributed by atoms with Crippen molar-refractivity contribution >= 4 is 17.8 Å². The fourth-order valence-corrected chi connectivity index (χ4v) is 5.15. The second kappa shape index (κ2) is 18.0. The van der Waals surface area contributed by atoms with E-state index in [-0.39, 0.29) is 25.4 Å². The maximum absolute atomic E-state index is 13.0. The number of aliphatic carboxylic acids is 2. The number of rotatable bonds is 20. The lowest BCUT2D eigenvalue weighted by molar-refractivity contribution is -0.138. The average molecular weight is 628 g/mol. The number of ether oxygens (including phenoxy) is 2. The molecule has 4 aromatic rings. The molecule has 0 bridgehead atoms. The second-order valence-electron chi connectivity index (χ2n) is 11.1. The van der Waals surface area contributed by atoms with Crippen LogP contribution in [0.15, 0.2) is 89.7 Å². The smallest absolute Gasteiger partial charge is 0.303 e. The van der Waals surface area contributed by atoms with Gasteiger partial charge in [-0.05, 0) is 84.7 Å². The Labute approximate surface area is 269 Å². The average Bonchev–Trinajstić information content (AvgIpc) is 3.60. The van der Waals surface area contributed by atoms with E-state index in [1.807, 2.05) is 66.7 Å². The van der Waals surface area contributed by atoms with Crippen molar-refractivity contribution in [3.05, 3.63) is 108 Å². The van der Waals surface area contributed by atoms with E-state index < -0.39 is 11.9 Å². The van der Waals surface area contributed by atoms with Crippen LogP contribution in [0, 0.1) is 0 Å². The number of furan rings is 1. The van der Waals surface area contributed by atoms with Crippen molar-refractivity contribution in [2.75, 3.05) is 13.2 Å². The topological polar surface area (TPSA) is 135 Å². The van der Waals surface area contributed by atoms with Crippen LogP contribution in [-0.4, -0.2) is 41.3 Å². The zero-order valence-corrected chi connectivity index (χ0v) is 25.9. The maximum Gasteiger partial charge on any atom is 0.303 e. The lowest BCUT2D eigenvalue weighted by Gasteiger charge is -2.15. The molecule has 0 atom stereocenters. The molecule has 9 nitrogen and oxygen atoms in total. The highest BCUT2D eigenvalue weighted by Gasteiger charge is 2.14. The number of carboxylic acid groups (broad SMARTS) is 2. The molecule has 0 aliphatic rings. The summed E-state index contributed by atoms with van der Waals surface area (Å²) >= 11 is 0. The molecule has 1 aromatic heterocycles. The van der Waals surface area contributed by atoms with E-state index in [4.69, 9.17) is 19.0 Å². The summed E-state index contributed by atoms with van der Waals surface area (Å²) in [5.41, 5.74) is 5.16. The molecule has 46 heavy (non-hydrogen) atoms. The van der Waals surface area contributed by atoms with Gasteiger partial charge in [0.25, 0.3) is 5.91 Å². The number of carbonyl (C=O) groups excluding carboxylic acids is 1.